The second-order valence-corrected chi connectivity index (χ2v) is 4.58. The molecule has 0 aliphatic rings. The number of carbonyl (C=O) groups excluding carboxylic acids is 1. The van der Waals surface area contributed by atoms with Crippen LogP contribution < -0.4 is 15.2 Å². The van der Waals surface area contributed by atoms with Crippen molar-refractivity contribution in [3.63, 3.8) is 0 Å². The molecule has 1 heterocycles. The van der Waals surface area contributed by atoms with Gasteiger partial charge in [0.1, 0.15) is 11.5 Å². The summed E-state index contributed by atoms with van der Waals surface area (Å²) < 4.78 is 16.3. The fraction of sp³-hybridized carbons (Fsp3) is 0.125. The van der Waals surface area contributed by atoms with Gasteiger partial charge in [0.05, 0.1) is 19.7 Å². The Kier molecular flexibility index (Phi) is 3.42. The lowest BCUT2D eigenvalue weighted by Crippen LogP contribution is -2.23. The first-order chi connectivity index (χ1) is 10.6. The summed E-state index contributed by atoms with van der Waals surface area (Å²) in [5, 5.41) is 0. The van der Waals surface area contributed by atoms with Crippen molar-refractivity contribution in [3.05, 3.63) is 58.6 Å². The number of rotatable bonds is 3. The van der Waals surface area contributed by atoms with Crippen LogP contribution in [0.5, 0.6) is 11.5 Å². The Morgan fingerprint density at radius 2 is 1.68 bits per heavy atom. The average molecular weight is 299 g/mol. The zero-order valence-electron chi connectivity index (χ0n) is 12.0. The number of nitrogens with zero attached hydrogens (tertiary/aromatic N) is 1. The fourth-order valence-corrected chi connectivity index (χ4v) is 2.22. The maximum atomic E-state index is 12.7. The van der Waals surface area contributed by atoms with Gasteiger partial charge >= 0.3 is 5.76 Å². The minimum Gasteiger partial charge on any atom is -0.497 e. The zero-order chi connectivity index (χ0) is 15.7. The number of fused-ring (bicyclic) bond motifs is 1. The van der Waals surface area contributed by atoms with Crippen LogP contribution >= 0.6 is 0 Å². The van der Waals surface area contributed by atoms with Crippen molar-refractivity contribution in [1.29, 1.82) is 0 Å². The third-order valence-electron chi connectivity index (χ3n) is 3.29. The minimum atomic E-state index is -0.729. The lowest BCUT2D eigenvalue weighted by molar-refractivity contribution is 0.0956. The lowest BCUT2D eigenvalue weighted by atomic mass is 10.2. The molecule has 0 amide bonds. The first-order valence-electron chi connectivity index (χ1n) is 6.52. The minimum absolute atomic E-state index is 0.268. The summed E-state index contributed by atoms with van der Waals surface area (Å²) in [4.78, 5) is 24.6. The maximum absolute atomic E-state index is 12.7. The van der Waals surface area contributed by atoms with Crippen LogP contribution in [0.15, 0.2) is 51.7 Å². The van der Waals surface area contributed by atoms with E-state index >= 15 is 0 Å². The topological polar surface area (TPSA) is 70.7 Å². The number of oxazole rings is 1. The van der Waals surface area contributed by atoms with Gasteiger partial charge < -0.3 is 13.9 Å². The Hall–Kier alpha value is -3.02. The van der Waals surface area contributed by atoms with Crippen molar-refractivity contribution in [2.24, 2.45) is 0 Å². The van der Waals surface area contributed by atoms with Crippen molar-refractivity contribution < 1.29 is 18.7 Å². The van der Waals surface area contributed by atoms with Gasteiger partial charge in [0.15, 0.2) is 5.58 Å². The summed E-state index contributed by atoms with van der Waals surface area (Å²) in [6, 6.07) is 11.5. The number of carbonyl (C=O) groups is 1. The van der Waals surface area contributed by atoms with Crippen LogP contribution in [0, 0.1) is 0 Å². The SMILES string of the molecule is COc1cc(OC)cc(C(=O)n2c(=O)oc3ccccc32)c1. The molecular weight excluding hydrogens is 286 g/mol. The third-order valence-corrected chi connectivity index (χ3v) is 3.29. The molecular formula is C16H13NO5. The van der Waals surface area contributed by atoms with E-state index in [2.05, 4.69) is 0 Å². The fourth-order valence-electron chi connectivity index (χ4n) is 2.22. The van der Waals surface area contributed by atoms with E-state index in [1.807, 2.05) is 0 Å². The van der Waals surface area contributed by atoms with Crippen molar-refractivity contribution in [1.82, 2.24) is 4.57 Å². The quantitative estimate of drug-likeness (QED) is 0.742. The molecule has 3 rings (SSSR count). The third kappa shape index (κ3) is 2.24. The van der Waals surface area contributed by atoms with Crippen molar-refractivity contribution in [2.45, 2.75) is 0 Å². The monoisotopic (exact) mass is 299 g/mol. The number of ether oxygens (including phenoxy) is 2. The van der Waals surface area contributed by atoms with Gasteiger partial charge in [-0.3, -0.25) is 4.79 Å². The normalized spacial score (nSPS) is 10.6. The van der Waals surface area contributed by atoms with Crippen LogP contribution in [0.4, 0.5) is 0 Å². The largest absolute Gasteiger partial charge is 0.497 e. The molecule has 0 unspecified atom stereocenters. The van der Waals surface area contributed by atoms with E-state index in [0.717, 1.165) is 4.57 Å². The molecule has 0 spiro atoms. The molecule has 22 heavy (non-hydrogen) atoms. The van der Waals surface area contributed by atoms with Gasteiger partial charge in [0, 0.05) is 11.6 Å². The number of aromatic nitrogens is 1. The average Bonchev–Trinajstić information content (AvgIpc) is 2.89. The highest BCUT2D eigenvalue weighted by Gasteiger charge is 2.18. The Morgan fingerprint density at radius 1 is 1.05 bits per heavy atom. The molecule has 0 aliphatic carbocycles. The van der Waals surface area contributed by atoms with Gasteiger partial charge in [-0.05, 0) is 24.3 Å². The molecule has 1 aromatic heterocycles. The molecule has 0 saturated carbocycles. The summed E-state index contributed by atoms with van der Waals surface area (Å²) in [5.74, 6) is -0.313. The van der Waals surface area contributed by atoms with Crippen molar-refractivity contribution >= 4 is 17.0 Å². The molecule has 0 aliphatic heterocycles. The van der Waals surface area contributed by atoms with Gasteiger partial charge in [-0.25, -0.2) is 9.36 Å². The molecule has 0 bridgehead atoms. The second kappa shape index (κ2) is 5.40. The van der Waals surface area contributed by atoms with Crippen LogP contribution in [0.25, 0.3) is 11.1 Å². The number of hydrogen-bond donors (Lipinski definition) is 0. The van der Waals surface area contributed by atoms with Crippen LogP contribution in [0.1, 0.15) is 10.4 Å². The molecule has 0 saturated heterocycles. The van der Waals surface area contributed by atoms with E-state index in [1.54, 1.807) is 42.5 Å². The Balaban J connectivity index is 2.18. The predicted octanol–water partition coefficient (Wildman–Crippen LogP) is 2.30. The second-order valence-electron chi connectivity index (χ2n) is 4.58. The number of benzene rings is 2. The summed E-state index contributed by atoms with van der Waals surface area (Å²) in [6.45, 7) is 0. The molecule has 6 nitrogen and oxygen atoms in total. The summed E-state index contributed by atoms with van der Waals surface area (Å²) in [6.07, 6.45) is 0. The van der Waals surface area contributed by atoms with Crippen LogP contribution in [-0.2, 0) is 0 Å². The molecule has 0 radical (unpaired) electrons. The van der Waals surface area contributed by atoms with E-state index in [-0.39, 0.29) is 5.56 Å². The summed E-state index contributed by atoms with van der Waals surface area (Å²) in [5.41, 5.74) is 1.04. The lowest BCUT2D eigenvalue weighted by Gasteiger charge is -2.07. The molecule has 112 valence electrons. The highest BCUT2D eigenvalue weighted by molar-refractivity contribution is 6.01. The Morgan fingerprint density at radius 3 is 2.32 bits per heavy atom. The van der Waals surface area contributed by atoms with Gasteiger partial charge in [-0.15, -0.1) is 0 Å². The van der Waals surface area contributed by atoms with Crippen molar-refractivity contribution in [2.75, 3.05) is 14.2 Å². The standard InChI is InChI=1S/C16H13NO5/c1-20-11-7-10(8-12(9-11)21-2)15(18)17-13-5-3-4-6-14(13)22-16(17)19/h3-9H,1-2H3. The summed E-state index contributed by atoms with van der Waals surface area (Å²) in [7, 11) is 2.98. The molecule has 6 heteroatoms. The van der Waals surface area contributed by atoms with Crippen LogP contribution in [0.3, 0.4) is 0 Å². The highest BCUT2D eigenvalue weighted by atomic mass is 16.5. The van der Waals surface area contributed by atoms with E-state index in [1.165, 1.54) is 14.2 Å². The van der Waals surface area contributed by atoms with Gasteiger partial charge in [0.2, 0.25) is 0 Å². The van der Waals surface area contributed by atoms with E-state index in [4.69, 9.17) is 13.9 Å². The highest BCUT2D eigenvalue weighted by Crippen LogP contribution is 2.23. The molecule has 0 N–H and O–H groups in total. The molecule has 2 aromatic carbocycles. The molecule has 0 atom stereocenters. The smallest absolute Gasteiger partial charge is 0.427 e. The van der Waals surface area contributed by atoms with Crippen molar-refractivity contribution in [3.8, 4) is 11.5 Å². The van der Waals surface area contributed by atoms with Gasteiger partial charge in [-0.1, -0.05) is 12.1 Å². The first kappa shape index (κ1) is 13.9. The Bertz CT molecular complexity index is 884. The van der Waals surface area contributed by atoms with E-state index < -0.39 is 11.7 Å². The summed E-state index contributed by atoms with van der Waals surface area (Å²) >= 11 is 0. The van der Waals surface area contributed by atoms with Gasteiger partial charge in [0.25, 0.3) is 5.91 Å². The molecule has 0 fully saturated rings. The van der Waals surface area contributed by atoms with Crippen LogP contribution in [0.2, 0.25) is 0 Å². The zero-order valence-corrected chi connectivity index (χ0v) is 12.0. The molecule has 3 aromatic rings. The first-order valence-corrected chi connectivity index (χ1v) is 6.52. The van der Waals surface area contributed by atoms with E-state index in [0.29, 0.717) is 22.6 Å². The van der Waals surface area contributed by atoms with Crippen LogP contribution in [-0.4, -0.2) is 24.7 Å². The maximum Gasteiger partial charge on any atom is 0.427 e. The van der Waals surface area contributed by atoms with Gasteiger partial charge in [-0.2, -0.15) is 0 Å². The van der Waals surface area contributed by atoms with E-state index in [9.17, 15) is 9.59 Å². The number of hydrogen-bond acceptors (Lipinski definition) is 5. The predicted molar refractivity (Wildman–Crippen MR) is 79.7 cm³/mol. The number of methoxy groups -OCH3 is 2. The number of para-hydroxylation sites is 2. The Labute approximate surface area is 125 Å².